The number of aromatic nitrogens is 1. The Morgan fingerprint density at radius 1 is 1.11 bits per heavy atom. The highest BCUT2D eigenvalue weighted by Crippen LogP contribution is 2.46. The standard InChI is InChI=1S/C34H33ClN2O6S/c1-5-41-27-16-20(6-11-26(27)42-13-12-18(2)3)30-29(31(38)21-7-10-25-22(15-21)14-19(4)43-25)32(39)33(40)37(30)34-36-24-9-8-23(35)17-28(24)44-34/h6-11,15-19,30,38H,5,12-14H2,1-4H3/t19-,30-/m0/s1. The fraction of sp³-hybridized carbons (Fsp3) is 0.324. The molecule has 0 radical (unpaired) electrons. The Bertz CT molecular complexity index is 1800. The molecule has 8 nitrogen and oxygen atoms in total. The van der Waals surface area contributed by atoms with Gasteiger partial charge >= 0.3 is 5.91 Å². The molecular formula is C34H33ClN2O6S. The number of ether oxygens (including phenoxy) is 3. The van der Waals surface area contributed by atoms with Gasteiger partial charge in [-0.05, 0) is 85.8 Å². The zero-order valence-corrected chi connectivity index (χ0v) is 26.5. The monoisotopic (exact) mass is 632 g/mol. The van der Waals surface area contributed by atoms with Crippen molar-refractivity contribution in [2.75, 3.05) is 18.1 Å². The van der Waals surface area contributed by atoms with E-state index in [0.717, 1.165) is 22.4 Å². The van der Waals surface area contributed by atoms with E-state index in [2.05, 4.69) is 18.8 Å². The lowest BCUT2D eigenvalue weighted by Gasteiger charge is -2.24. The molecule has 2 aliphatic heterocycles. The Morgan fingerprint density at radius 2 is 1.93 bits per heavy atom. The van der Waals surface area contributed by atoms with E-state index in [0.29, 0.717) is 63.8 Å². The molecule has 2 aliphatic rings. The van der Waals surface area contributed by atoms with E-state index in [4.69, 9.17) is 25.8 Å². The van der Waals surface area contributed by atoms with Gasteiger partial charge in [-0.1, -0.05) is 42.9 Å². The van der Waals surface area contributed by atoms with Crippen molar-refractivity contribution >= 4 is 55.7 Å². The van der Waals surface area contributed by atoms with E-state index in [1.807, 2.05) is 19.9 Å². The van der Waals surface area contributed by atoms with Gasteiger partial charge in [-0.3, -0.25) is 14.5 Å². The van der Waals surface area contributed by atoms with Crippen molar-refractivity contribution in [1.82, 2.24) is 4.98 Å². The van der Waals surface area contributed by atoms with Crippen LogP contribution in [0.25, 0.3) is 16.0 Å². The number of Topliss-reactive ketones (excluding diaryl/α,β-unsaturated/α-hetero) is 1. The fourth-order valence-electron chi connectivity index (χ4n) is 5.55. The predicted octanol–water partition coefficient (Wildman–Crippen LogP) is 7.72. The Balaban J connectivity index is 1.50. The van der Waals surface area contributed by atoms with E-state index in [-0.39, 0.29) is 17.4 Å². The summed E-state index contributed by atoms with van der Waals surface area (Å²) in [5.74, 6) is 0.420. The number of aliphatic hydroxyl groups excluding tert-OH is 1. The number of thiazole rings is 1. The van der Waals surface area contributed by atoms with E-state index in [9.17, 15) is 14.7 Å². The van der Waals surface area contributed by atoms with Crippen molar-refractivity contribution < 1.29 is 28.9 Å². The summed E-state index contributed by atoms with van der Waals surface area (Å²) >= 11 is 7.48. The van der Waals surface area contributed by atoms with E-state index in [1.165, 1.54) is 16.2 Å². The van der Waals surface area contributed by atoms with Crippen LogP contribution in [-0.4, -0.2) is 41.1 Å². The molecule has 3 heterocycles. The van der Waals surface area contributed by atoms with Crippen molar-refractivity contribution in [2.45, 2.75) is 52.7 Å². The van der Waals surface area contributed by atoms with Crippen LogP contribution in [0.1, 0.15) is 56.8 Å². The van der Waals surface area contributed by atoms with Crippen LogP contribution in [0.5, 0.6) is 17.2 Å². The minimum Gasteiger partial charge on any atom is -0.507 e. The topological polar surface area (TPSA) is 98.2 Å². The van der Waals surface area contributed by atoms with Gasteiger partial charge in [0.25, 0.3) is 5.78 Å². The van der Waals surface area contributed by atoms with Gasteiger partial charge in [0.1, 0.15) is 17.6 Å². The highest BCUT2D eigenvalue weighted by atomic mass is 35.5. The van der Waals surface area contributed by atoms with Gasteiger partial charge in [0.2, 0.25) is 0 Å². The second kappa shape index (κ2) is 12.1. The van der Waals surface area contributed by atoms with Crippen molar-refractivity contribution in [3.8, 4) is 17.2 Å². The maximum Gasteiger partial charge on any atom is 0.301 e. The molecule has 4 aromatic rings. The second-order valence-electron chi connectivity index (χ2n) is 11.4. The smallest absolute Gasteiger partial charge is 0.301 e. The van der Waals surface area contributed by atoms with E-state index in [1.54, 1.807) is 48.5 Å². The number of carbonyl (C=O) groups is 2. The highest BCUT2D eigenvalue weighted by Gasteiger charge is 2.48. The minimum atomic E-state index is -0.974. The number of rotatable bonds is 9. The summed E-state index contributed by atoms with van der Waals surface area (Å²) in [5, 5.41) is 12.6. The lowest BCUT2D eigenvalue weighted by Crippen LogP contribution is -2.29. The Morgan fingerprint density at radius 3 is 2.70 bits per heavy atom. The highest BCUT2D eigenvalue weighted by molar-refractivity contribution is 7.22. The summed E-state index contributed by atoms with van der Waals surface area (Å²) in [4.78, 5) is 33.6. The number of halogens is 1. The van der Waals surface area contributed by atoms with Crippen molar-refractivity contribution in [3.63, 3.8) is 0 Å². The van der Waals surface area contributed by atoms with Crippen LogP contribution in [0.4, 0.5) is 5.13 Å². The zero-order chi connectivity index (χ0) is 31.1. The first kappa shape index (κ1) is 30.0. The molecular weight excluding hydrogens is 600 g/mol. The Hall–Kier alpha value is -4.08. The van der Waals surface area contributed by atoms with Crippen LogP contribution >= 0.6 is 22.9 Å². The van der Waals surface area contributed by atoms with E-state index < -0.39 is 17.7 Å². The number of ketones is 1. The SMILES string of the molecule is CCOc1cc([C@H]2C(=C(O)c3ccc4c(c3)C[C@H](C)O4)C(=O)C(=O)N2c2nc3ccc(Cl)cc3s2)ccc1OCCC(C)C. The summed E-state index contributed by atoms with van der Waals surface area (Å²) in [6, 6.07) is 15.0. The third-order valence-electron chi connectivity index (χ3n) is 7.70. The summed E-state index contributed by atoms with van der Waals surface area (Å²) in [7, 11) is 0. The molecule has 1 amide bonds. The fourth-order valence-corrected chi connectivity index (χ4v) is 6.81. The van der Waals surface area contributed by atoms with Crippen molar-refractivity contribution in [3.05, 3.63) is 81.9 Å². The second-order valence-corrected chi connectivity index (χ2v) is 12.8. The van der Waals surface area contributed by atoms with Crippen LogP contribution in [0.2, 0.25) is 5.02 Å². The molecule has 0 spiro atoms. The summed E-state index contributed by atoms with van der Waals surface area (Å²) < 4.78 is 18.6. The van der Waals surface area contributed by atoms with Crippen molar-refractivity contribution in [2.24, 2.45) is 5.92 Å². The number of hydrogen-bond acceptors (Lipinski definition) is 8. The lowest BCUT2D eigenvalue weighted by atomic mass is 9.94. The van der Waals surface area contributed by atoms with Gasteiger partial charge in [0.15, 0.2) is 16.6 Å². The molecule has 6 rings (SSSR count). The molecule has 228 valence electrons. The first-order valence-electron chi connectivity index (χ1n) is 14.7. The maximum atomic E-state index is 13.8. The Kier molecular flexibility index (Phi) is 8.26. The summed E-state index contributed by atoms with van der Waals surface area (Å²) in [6.45, 7) is 9.01. The molecule has 1 aromatic heterocycles. The molecule has 0 aliphatic carbocycles. The quantitative estimate of drug-likeness (QED) is 0.115. The number of aliphatic hydroxyl groups is 1. The van der Waals surface area contributed by atoms with Gasteiger partial charge in [0, 0.05) is 17.0 Å². The molecule has 1 N–H and O–H groups in total. The Labute approximate surface area is 264 Å². The molecule has 0 bridgehead atoms. The molecule has 44 heavy (non-hydrogen) atoms. The molecule has 10 heteroatoms. The average Bonchev–Trinajstić information content (AvgIpc) is 3.65. The molecule has 0 saturated carbocycles. The largest absolute Gasteiger partial charge is 0.507 e. The molecule has 2 atom stereocenters. The first-order chi connectivity index (χ1) is 21.1. The van der Waals surface area contributed by atoms with Gasteiger partial charge in [-0.15, -0.1) is 0 Å². The van der Waals surface area contributed by atoms with E-state index >= 15 is 0 Å². The normalized spacial score (nSPS) is 19.1. The number of amides is 1. The van der Waals surface area contributed by atoms with Crippen LogP contribution in [-0.2, 0) is 16.0 Å². The first-order valence-corrected chi connectivity index (χ1v) is 15.9. The van der Waals surface area contributed by atoms with Gasteiger partial charge in [0.05, 0.1) is 35.0 Å². The summed E-state index contributed by atoms with van der Waals surface area (Å²) in [6.07, 6.45) is 1.57. The number of benzene rings is 3. The van der Waals surface area contributed by atoms with Gasteiger partial charge in [-0.25, -0.2) is 4.98 Å². The molecule has 0 unspecified atom stereocenters. The van der Waals surface area contributed by atoms with Crippen LogP contribution < -0.4 is 19.1 Å². The zero-order valence-electron chi connectivity index (χ0n) is 24.9. The van der Waals surface area contributed by atoms with Crippen LogP contribution in [0.3, 0.4) is 0 Å². The van der Waals surface area contributed by atoms with Crippen LogP contribution in [0.15, 0.2) is 60.2 Å². The molecule has 3 aromatic carbocycles. The number of nitrogens with zero attached hydrogens (tertiary/aromatic N) is 2. The summed E-state index contributed by atoms with van der Waals surface area (Å²) in [5.41, 5.74) is 2.54. The number of anilines is 1. The third-order valence-corrected chi connectivity index (χ3v) is 8.95. The average molecular weight is 633 g/mol. The maximum absolute atomic E-state index is 13.8. The number of hydrogen-bond donors (Lipinski definition) is 1. The lowest BCUT2D eigenvalue weighted by molar-refractivity contribution is -0.132. The van der Waals surface area contributed by atoms with Gasteiger partial charge < -0.3 is 19.3 Å². The van der Waals surface area contributed by atoms with Crippen LogP contribution in [0, 0.1) is 5.92 Å². The molecule has 1 fully saturated rings. The van der Waals surface area contributed by atoms with Crippen molar-refractivity contribution in [1.29, 1.82) is 0 Å². The molecule has 1 saturated heterocycles. The third kappa shape index (κ3) is 5.62. The number of carbonyl (C=O) groups excluding carboxylic acids is 2. The van der Waals surface area contributed by atoms with Gasteiger partial charge in [-0.2, -0.15) is 0 Å². The predicted molar refractivity (Wildman–Crippen MR) is 172 cm³/mol. The number of fused-ring (bicyclic) bond motifs is 2. The minimum absolute atomic E-state index is 0.0128.